The Morgan fingerprint density at radius 3 is 2.04 bits per heavy atom. The zero-order valence-electron chi connectivity index (χ0n) is 27.2. The lowest BCUT2D eigenvalue weighted by Gasteiger charge is -2.34. The Morgan fingerprint density at radius 2 is 1.45 bits per heavy atom. The van der Waals surface area contributed by atoms with Crippen molar-refractivity contribution in [2.75, 3.05) is 74.9 Å². The van der Waals surface area contributed by atoms with Gasteiger partial charge in [-0.3, -0.25) is 14.5 Å². The highest BCUT2D eigenvalue weighted by Crippen LogP contribution is 2.44. The van der Waals surface area contributed by atoms with Gasteiger partial charge in [-0.25, -0.2) is 0 Å². The van der Waals surface area contributed by atoms with E-state index in [2.05, 4.69) is 4.90 Å². The summed E-state index contributed by atoms with van der Waals surface area (Å²) in [6, 6.07) is 13.6. The van der Waals surface area contributed by atoms with Crippen molar-refractivity contribution in [3.05, 3.63) is 69.3 Å². The summed E-state index contributed by atoms with van der Waals surface area (Å²) >= 11 is 5.97. The molecular weight excluding hydrogens is 628 g/mol. The van der Waals surface area contributed by atoms with Gasteiger partial charge in [0, 0.05) is 54.5 Å². The largest absolute Gasteiger partial charge is 0.496 e. The van der Waals surface area contributed by atoms with Crippen LogP contribution < -0.4 is 33.8 Å². The van der Waals surface area contributed by atoms with Crippen LogP contribution in [0.1, 0.15) is 23.2 Å². The minimum absolute atomic E-state index is 0.0157. The second kappa shape index (κ2) is 15.3. The zero-order chi connectivity index (χ0) is 33.5. The average molecular weight is 667 g/mol. The van der Waals surface area contributed by atoms with E-state index in [4.69, 9.17) is 44.4 Å². The first kappa shape index (κ1) is 33.7. The number of benzene rings is 3. The average Bonchev–Trinajstić information content (AvgIpc) is 3.11. The van der Waals surface area contributed by atoms with Gasteiger partial charge in [0.15, 0.2) is 17.3 Å². The summed E-state index contributed by atoms with van der Waals surface area (Å²) in [7, 11) is 7.56. The quantitative estimate of drug-likeness (QED) is 0.163. The number of unbranched alkanes of at least 4 members (excludes halogenated alkanes) is 1. The van der Waals surface area contributed by atoms with Crippen molar-refractivity contribution in [1.82, 2.24) is 9.80 Å². The summed E-state index contributed by atoms with van der Waals surface area (Å²) in [5.41, 5.74) is 1.04. The third kappa shape index (κ3) is 7.36. The standard InChI is InChI=1S/C35H39ClN2O9/c1-41-25-20-26(42-2)30-27(21-25)47-32(23-18-28(43-3)33(45-5)29(19-23)44-4)34(31(30)39)46-17-7-6-12-37-13-15-38(16-14-37)35(40)22-8-10-24(36)11-9-22/h8-11,18-21H,6-7,12-17H2,1-5H3. The monoisotopic (exact) mass is 666 g/mol. The van der Waals surface area contributed by atoms with E-state index in [1.807, 2.05) is 4.90 Å². The Hall–Kier alpha value is -4.61. The highest BCUT2D eigenvalue weighted by atomic mass is 35.5. The Kier molecular flexibility index (Phi) is 11.0. The van der Waals surface area contributed by atoms with E-state index in [1.54, 1.807) is 48.5 Å². The van der Waals surface area contributed by atoms with Crippen LogP contribution in [0.4, 0.5) is 0 Å². The van der Waals surface area contributed by atoms with Crippen molar-refractivity contribution in [2.45, 2.75) is 12.8 Å². The number of rotatable bonds is 13. The molecule has 0 spiro atoms. The molecule has 47 heavy (non-hydrogen) atoms. The van der Waals surface area contributed by atoms with Crippen molar-refractivity contribution < 1.29 is 37.6 Å². The molecule has 250 valence electrons. The third-order valence-corrected chi connectivity index (χ3v) is 8.39. The molecule has 12 heteroatoms. The highest BCUT2D eigenvalue weighted by molar-refractivity contribution is 6.30. The van der Waals surface area contributed by atoms with Crippen LogP contribution in [0.25, 0.3) is 22.3 Å². The van der Waals surface area contributed by atoms with Crippen molar-refractivity contribution in [3.8, 4) is 45.8 Å². The summed E-state index contributed by atoms with van der Waals surface area (Å²) < 4.78 is 40.1. The molecule has 1 fully saturated rings. The molecule has 3 aromatic carbocycles. The van der Waals surface area contributed by atoms with E-state index in [0.29, 0.717) is 64.4 Å². The van der Waals surface area contributed by atoms with Gasteiger partial charge in [-0.15, -0.1) is 0 Å². The molecule has 1 aliphatic rings. The van der Waals surface area contributed by atoms with Crippen LogP contribution in [0.5, 0.6) is 34.5 Å². The number of amides is 1. The van der Waals surface area contributed by atoms with Crippen molar-refractivity contribution in [2.24, 2.45) is 0 Å². The van der Waals surface area contributed by atoms with Crippen LogP contribution >= 0.6 is 11.6 Å². The molecule has 0 N–H and O–H groups in total. The van der Waals surface area contributed by atoms with Gasteiger partial charge in [-0.2, -0.15) is 0 Å². The van der Waals surface area contributed by atoms with Gasteiger partial charge >= 0.3 is 0 Å². The molecule has 1 saturated heterocycles. The van der Waals surface area contributed by atoms with Crippen LogP contribution in [0.15, 0.2) is 57.7 Å². The number of hydrogen-bond acceptors (Lipinski definition) is 10. The minimum atomic E-state index is -0.379. The van der Waals surface area contributed by atoms with E-state index >= 15 is 0 Å². The van der Waals surface area contributed by atoms with Gasteiger partial charge in [-0.1, -0.05) is 11.6 Å². The van der Waals surface area contributed by atoms with E-state index < -0.39 is 0 Å². The molecule has 1 amide bonds. The smallest absolute Gasteiger partial charge is 0.253 e. The molecule has 1 aliphatic heterocycles. The molecule has 1 aromatic heterocycles. The number of carbonyl (C=O) groups is 1. The molecule has 0 atom stereocenters. The van der Waals surface area contributed by atoms with E-state index in [-0.39, 0.29) is 40.4 Å². The van der Waals surface area contributed by atoms with Gasteiger partial charge in [0.2, 0.25) is 16.9 Å². The zero-order valence-corrected chi connectivity index (χ0v) is 28.0. The predicted molar refractivity (Wildman–Crippen MR) is 179 cm³/mol. The van der Waals surface area contributed by atoms with Crippen molar-refractivity contribution in [1.29, 1.82) is 0 Å². The summed E-state index contributed by atoms with van der Waals surface area (Å²) in [6.45, 7) is 3.99. The first-order valence-electron chi connectivity index (χ1n) is 15.2. The Bertz CT molecular complexity index is 1740. The maximum atomic E-state index is 14.0. The maximum absolute atomic E-state index is 14.0. The number of carbonyl (C=O) groups excluding carboxylic acids is 1. The normalized spacial score (nSPS) is 13.4. The second-order valence-electron chi connectivity index (χ2n) is 10.9. The van der Waals surface area contributed by atoms with Gasteiger partial charge in [0.1, 0.15) is 22.5 Å². The minimum Gasteiger partial charge on any atom is -0.496 e. The molecule has 5 rings (SSSR count). The highest BCUT2D eigenvalue weighted by Gasteiger charge is 2.25. The van der Waals surface area contributed by atoms with Crippen molar-refractivity contribution in [3.63, 3.8) is 0 Å². The Labute approximate surface area is 278 Å². The molecule has 11 nitrogen and oxygen atoms in total. The lowest BCUT2D eigenvalue weighted by Crippen LogP contribution is -2.48. The molecule has 0 radical (unpaired) electrons. The molecule has 4 aromatic rings. The SMILES string of the molecule is COc1cc(OC)c2c(=O)c(OCCCCN3CCN(C(=O)c4ccc(Cl)cc4)CC3)c(-c3cc(OC)c(OC)c(OC)c3)oc2c1. The molecule has 0 saturated carbocycles. The number of halogens is 1. The molecule has 2 heterocycles. The number of nitrogens with zero attached hydrogens (tertiary/aromatic N) is 2. The molecule has 0 aliphatic carbocycles. The first-order chi connectivity index (χ1) is 22.8. The number of hydrogen-bond donors (Lipinski definition) is 0. The van der Waals surface area contributed by atoms with Gasteiger partial charge < -0.3 is 37.7 Å². The Balaban J connectivity index is 1.31. The summed E-state index contributed by atoms with van der Waals surface area (Å²) in [6.07, 6.45) is 1.53. The fourth-order valence-corrected chi connectivity index (χ4v) is 5.74. The van der Waals surface area contributed by atoms with Crippen LogP contribution in [-0.2, 0) is 0 Å². The van der Waals surface area contributed by atoms with Crippen LogP contribution in [0.3, 0.4) is 0 Å². The molecular formula is C35H39ClN2O9. The third-order valence-electron chi connectivity index (χ3n) is 8.14. The maximum Gasteiger partial charge on any atom is 0.253 e. The van der Waals surface area contributed by atoms with E-state index in [1.165, 1.54) is 35.5 Å². The summed E-state index contributed by atoms with van der Waals surface area (Å²) in [5, 5.41) is 0.847. The molecule has 0 bridgehead atoms. The number of piperazine rings is 1. The molecule has 0 unspecified atom stereocenters. The topological polar surface area (TPSA) is 109 Å². The van der Waals surface area contributed by atoms with Crippen molar-refractivity contribution >= 4 is 28.5 Å². The second-order valence-corrected chi connectivity index (χ2v) is 11.3. The fourth-order valence-electron chi connectivity index (χ4n) is 5.62. The van der Waals surface area contributed by atoms with Crippen LogP contribution in [0.2, 0.25) is 5.02 Å². The van der Waals surface area contributed by atoms with Gasteiger partial charge in [-0.05, 0) is 55.8 Å². The summed E-state index contributed by atoms with van der Waals surface area (Å²) in [5.74, 6) is 2.25. The van der Waals surface area contributed by atoms with Gasteiger partial charge in [0.25, 0.3) is 5.91 Å². The van der Waals surface area contributed by atoms with Gasteiger partial charge in [0.05, 0.1) is 42.2 Å². The lowest BCUT2D eigenvalue weighted by atomic mass is 10.1. The number of methoxy groups -OCH3 is 5. The van der Waals surface area contributed by atoms with E-state index in [9.17, 15) is 9.59 Å². The van der Waals surface area contributed by atoms with Crippen LogP contribution in [-0.4, -0.2) is 90.6 Å². The lowest BCUT2D eigenvalue weighted by molar-refractivity contribution is 0.0634. The first-order valence-corrected chi connectivity index (χ1v) is 15.6. The van der Waals surface area contributed by atoms with E-state index in [0.717, 1.165) is 26.1 Å². The predicted octanol–water partition coefficient (Wildman–Crippen LogP) is 5.77. The number of fused-ring (bicyclic) bond motifs is 1. The summed E-state index contributed by atoms with van der Waals surface area (Å²) in [4.78, 5) is 31.1. The Morgan fingerprint density at radius 1 is 0.787 bits per heavy atom. The van der Waals surface area contributed by atoms with Crippen LogP contribution in [0, 0.1) is 0 Å². The number of ether oxygens (including phenoxy) is 6. The fraction of sp³-hybridized carbons (Fsp3) is 0.371.